The number of carbonyl (C=O) groups excluding carboxylic acids is 1. The summed E-state index contributed by atoms with van der Waals surface area (Å²) in [4.78, 5) is 12.1. The maximum Gasteiger partial charge on any atom is 0.261 e. The molecule has 0 radical (unpaired) electrons. The summed E-state index contributed by atoms with van der Waals surface area (Å²) in [5.74, 6) is 0.894. The summed E-state index contributed by atoms with van der Waals surface area (Å²) in [6, 6.07) is 12.8. The molecule has 1 aliphatic rings. The largest absolute Gasteiger partial charge is 0.491 e. The average molecular weight is 359 g/mol. The lowest BCUT2D eigenvalue weighted by molar-refractivity contribution is 0.0967. The maximum absolute atomic E-state index is 12.5. The van der Waals surface area contributed by atoms with E-state index in [-0.39, 0.29) is 22.7 Å². The van der Waals surface area contributed by atoms with Gasteiger partial charge in [-0.25, -0.2) is 8.42 Å². The first-order valence-corrected chi connectivity index (χ1v) is 9.77. The molecule has 1 N–H and O–H groups in total. The summed E-state index contributed by atoms with van der Waals surface area (Å²) in [6.07, 6.45) is 1.91. The van der Waals surface area contributed by atoms with Crippen LogP contribution >= 0.6 is 0 Å². The third kappa shape index (κ3) is 4.39. The van der Waals surface area contributed by atoms with Crippen LogP contribution in [0.4, 0.5) is 5.69 Å². The predicted octanol–water partition coefficient (Wildman–Crippen LogP) is 3.87. The van der Waals surface area contributed by atoms with E-state index in [2.05, 4.69) is 4.72 Å². The number of nitrogens with one attached hydrogen (secondary N) is 1. The fraction of sp³-hybridized carbons (Fsp3) is 0.316. The van der Waals surface area contributed by atoms with E-state index in [4.69, 9.17) is 4.74 Å². The Kier molecular flexibility index (Phi) is 4.81. The summed E-state index contributed by atoms with van der Waals surface area (Å²) in [5, 5.41) is 0. The molecule has 0 heterocycles. The van der Waals surface area contributed by atoms with Gasteiger partial charge in [0.25, 0.3) is 10.0 Å². The lowest BCUT2D eigenvalue weighted by atomic mass is 10.1. The van der Waals surface area contributed by atoms with E-state index in [1.165, 1.54) is 12.1 Å². The van der Waals surface area contributed by atoms with Crippen LogP contribution in [0.2, 0.25) is 0 Å². The molecule has 0 aliphatic heterocycles. The van der Waals surface area contributed by atoms with Gasteiger partial charge in [0.15, 0.2) is 5.78 Å². The zero-order valence-electron chi connectivity index (χ0n) is 14.2. The lowest BCUT2D eigenvalue weighted by Crippen LogP contribution is -2.13. The zero-order chi connectivity index (χ0) is 18.0. The molecule has 3 rings (SSSR count). The van der Waals surface area contributed by atoms with Crippen LogP contribution in [0.5, 0.6) is 5.75 Å². The highest BCUT2D eigenvalue weighted by atomic mass is 32.2. The Morgan fingerprint density at radius 2 is 1.64 bits per heavy atom. The fourth-order valence-corrected chi connectivity index (χ4v) is 3.53. The minimum absolute atomic E-state index is 0.0550. The van der Waals surface area contributed by atoms with Crippen LogP contribution in [0.15, 0.2) is 53.4 Å². The van der Waals surface area contributed by atoms with E-state index < -0.39 is 10.0 Å². The van der Waals surface area contributed by atoms with Gasteiger partial charge < -0.3 is 4.74 Å². The molecule has 2 aromatic carbocycles. The highest BCUT2D eigenvalue weighted by molar-refractivity contribution is 7.92. The van der Waals surface area contributed by atoms with E-state index in [0.29, 0.717) is 17.0 Å². The minimum atomic E-state index is -3.70. The Bertz CT molecular complexity index is 851. The SMILES string of the molecule is CC(C)Oc1ccc(NS(=O)(=O)c2ccc(C(=O)C3CC3)cc2)cc1. The van der Waals surface area contributed by atoms with Crippen LogP contribution in [0, 0.1) is 5.92 Å². The molecule has 0 spiro atoms. The predicted molar refractivity (Wildman–Crippen MR) is 96.5 cm³/mol. The number of hydrogen-bond donors (Lipinski definition) is 1. The van der Waals surface area contributed by atoms with Gasteiger partial charge in [-0.15, -0.1) is 0 Å². The van der Waals surface area contributed by atoms with Crippen molar-refractivity contribution >= 4 is 21.5 Å². The Labute approximate surface area is 148 Å². The summed E-state index contributed by atoms with van der Waals surface area (Å²) < 4.78 is 33.0. The molecule has 6 heteroatoms. The minimum Gasteiger partial charge on any atom is -0.491 e. The summed E-state index contributed by atoms with van der Waals surface area (Å²) in [5.41, 5.74) is 1.02. The molecule has 0 bridgehead atoms. The average Bonchev–Trinajstić information content (AvgIpc) is 3.40. The Morgan fingerprint density at radius 3 is 2.16 bits per heavy atom. The van der Waals surface area contributed by atoms with Crippen molar-refractivity contribution in [2.24, 2.45) is 5.92 Å². The number of hydrogen-bond acceptors (Lipinski definition) is 4. The van der Waals surface area contributed by atoms with Gasteiger partial charge in [0.1, 0.15) is 5.75 Å². The Hall–Kier alpha value is -2.34. The topological polar surface area (TPSA) is 72.5 Å². The van der Waals surface area contributed by atoms with Gasteiger partial charge in [0, 0.05) is 17.2 Å². The van der Waals surface area contributed by atoms with Crippen molar-refractivity contribution in [3.8, 4) is 5.75 Å². The molecule has 0 saturated heterocycles. The molecule has 0 atom stereocenters. The van der Waals surface area contributed by atoms with Crippen molar-refractivity contribution in [2.45, 2.75) is 37.7 Å². The summed E-state index contributed by atoms with van der Waals surface area (Å²) in [7, 11) is -3.70. The first kappa shape index (κ1) is 17.5. The molecular formula is C19H21NO4S. The number of Topliss-reactive ketones (excluding diaryl/α,β-unsaturated/α-hetero) is 1. The zero-order valence-corrected chi connectivity index (χ0v) is 15.0. The summed E-state index contributed by atoms with van der Waals surface area (Å²) in [6.45, 7) is 3.85. The first-order chi connectivity index (χ1) is 11.8. The van der Waals surface area contributed by atoms with E-state index in [1.54, 1.807) is 36.4 Å². The maximum atomic E-state index is 12.5. The Morgan fingerprint density at radius 1 is 1.04 bits per heavy atom. The number of carbonyl (C=O) groups is 1. The molecule has 0 unspecified atom stereocenters. The lowest BCUT2D eigenvalue weighted by Gasteiger charge is -2.11. The van der Waals surface area contributed by atoms with Crippen molar-refractivity contribution in [1.82, 2.24) is 0 Å². The molecule has 25 heavy (non-hydrogen) atoms. The monoisotopic (exact) mass is 359 g/mol. The highest BCUT2D eigenvalue weighted by Gasteiger charge is 2.30. The summed E-state index contributed by atoms with van der Waals surface area (Å²) >= 11 is 0. The smallest absolute Gasteiger partial charge is 0.261 e. The number of ether oxygens (including phenoxy) is 1. The van der Waals surface area contributed by atoms with Crippen molar-refractivity contribution < 1.29 is 17.9 Å². The fourth-order valence-electron chi connectivity index (χ4n) is 2.47. The van der Waals surface area contributed by atoms with Gasteiger partial charge in [0.2, 0.25) is 0 Å². The quantitative estimate of drug-likeness (QED) is 0.762. The third-order valence-electron chi connectivity index (χ3n) is 3.88. The highest BCUT2D eigenvalue weighted by Crippen LogP contribution is 2.32. The molecule has 0 amide bonds. The van der Waals surface area contributed by atoms with Gasteiger partial charge in [-0.2, -0.15) is 0 Å². The number of sulfonamides is 1. The van der Waals surface area contributed by atoms with E-state index >= 15 is 0 Å². The molecule has 0 aromatic heterocycles. The van der Waals surface area contributed by atoms with Crippen LogP contribution in [0.3, 0.4) is 0 Å². The van der Waals surface area contributed by atoms with Crippen LogP contribution in [0.25, 0.3) is 0 Å². The number of ketones is 1. The van der Waals surface area contributed by atoms with Crippen LogP contribution in [0.1, 0.15) is 37.0 Å². The van der Waals surface area contributed by atoms with Crippen LogP contribution in [-0.4, -0.2) is 20.3 Å². The van der Waals surface area contributed by atoms with Crippen molar-refractivity contribution in [1.29, 1.82) is 0 Å². The molecular weight excluding hydrogens is 338 g/mol. The molecule has 1 saturated carbocycles. The van der Waals surface area contributed by atoms with E-state index in [1.807, 2.05) is 13.8 Å². The normalized spacial score (nSPS) is 14.4. The number of anilines is 1. The van der Waals surface area contributed by atoms with E-state index in [9.17, 15) is 13.2 Å². The number of benzene rings is 2. The van der Waals surface area contributed by atoms with Gasteiger partial charge >= 0.3 is 0 Å². The molecule has 1 aliphatic carbocycles. The third-order valence-corrected chi connectivity index (χ3v) is 5.27. The van der Waals surface area contributed by atoms with Gasteiger partial charge in [-0.1, -0.05) is 12.1 Å². The molecule has 5 nitrogen and oxygen atoms in total. The van der Waals surface area contributed by atoms with Gasteiger partial charge in [-0.3, -0.25) is 9.52 Å². The van der Waals surface area contributed by atoms with Crippen molar-refractivity contribution in [3.05, 3.63) is 54.1 Å². The standard InChI is InChI=1S/C19H21NO4S/c1-13(2)24-17-9-7-16(8-10-17)20-25(22,23)18-11-5-15(6-12-18)19(21)14-3-4-14/h5-14,20H,3-4H2,1-2H3. The molecule has 1 fully saturated rings. The van der Waals surface area contributed by atoms with Crippen molar-refractivity contribution in [2.75, 3.05) is 4.72 Å². The van der Waals surface area contributed by atoms with Gasteiger partial charge in [-0.05, 0) is 63.1 Å². The number of rotatable bonds is 7. The van der Waals surface area contributed by atoms with Crippen LogP contribution in [-0.2, 0) is 10.0 Å². The van der Waals surface area contributed by atoms with Gasteiger partial charge in [0.05, 0.1) is 11.0 Å². The second-order valence-electron chi connectivity index (χ2n) is 6.46. The molecule has 2 aromatic rings. The molecule has 132 valence electrons. The van der Waals surface area contributed by atoms with E-state index in [0.717, 1.165) is 12.8 Å². The van der Waals surface area contributed by atoms with Crippen LogP contribution < -0.4 is 9.46 Å². The van der Waals surface area contributed by atoms with Crippen molar-refractivity contribution in [3.63, 3.8) is 0 Å². The second kappa shape index (κ2) is 6.88. The Balaban J connectivity index is 1.71. The second-order valence-corrected chi connectivity index (χ2v) is 8.14. The first-order valence-electron chi connectivity index (χ1n) is 8.29.